The highest BCUT2D eigenvalue weighted by atomic mass is 16.5. The van der Waals surface area contributed by atoms with Crippen LogP contribution in [0.5, 0.6) is 5.75 Å². The minimum absolute atomic E-state index is 0.0684. The molecule has 1 aromatic heterocycles. The Morgan fingerprint density at radius 3 is 2.52 bits per heavy atom. The highest BCUT2D eigenvalue weighted by Crippen LogP contribution is 2.21. The second-order valence-electron chi connectivity index (χ2n) is 6.47. The maximum absolute atomic E-state index is 12.5. The summed E-state index contributed by atoms with van der Waals surface area (Å²) < 4.78 is 5.17. The van der Waals surface area contributed by atoms with Gasteiger partial charge in [-0.25, -0.2) is 0 Å². The largest absolute Gasteiger partial charge is 0.497 e. The fourth-order valence-corrected chi connectivity index (χ4v) is 3.18. The molecule has 27 heavy (non-hydrogen) atoms. The molecule has 1 unspecified atom stereocenters. The van der Waals surface area contributed by atoms with Crippen LogP contribution in [0.15, 0.2) is 29.1 Å². The third-order valence-electron chi connectivity index (χ3n) is 4.78. The number of benzene rings is 1. The van der Waals surface area contributed by atoms with Gasteiger partial charge in [0, 0.05) is 12.1 Å². The molecule has 0 aliphatic rings. The average molecular weight is 367 g/mol. The van der Waals surface area contributed by atoms with Crippen LogP contribution in [0.4, 0.5) is 0 Å². The van der Waals surface area contributed by atoms with Crippen LogP contribution in [0, 0.1) is 25.2 Å². The maximum atomic E-state index is 12.5. The van der Waals surface area contributed by atoms with Crippen molar-refractivity contribution >= 4 is 5.91 Å². The first kappa shape index (κ1) is 20.2. The summed E-state index contributed by atoms with van der Waals surface area (Å²) in [4.78, 5) is 26.9. The number of hydrogen-bond donors (Lipinski definition) is 2. The van der Waals surface area contributed by atoms with Gasteiger partial charge in [-0.1, -0.05) is 19.1 Å². The van der Waals surface area contributed by atoms with Crippen molar-refractivity contribution in [2.45, 2.75) is 46.1 Å². The number of nitrogens with zero attached hydrogens (tertiary/aromatic N) is 1. The highest BCUT2D eigenvalue weighted by Gasteiger charge is 2.16. The Morgan fingerprint density at radius 2 is 1.96 bits per heavy atom. The van der Waals surface area contributed by atoms with E-state index in [-0.39, 0.29) is 29.5 Å². The van der Waals surface area contributed by atoms with E-state index in [0.29, 0.717) is 17.7 Å². The molecule has 2 aromatic rings. The van der Waals surface area contributed by atoms with Gasteiger partial charge in [0.1, 0.15) is 17.4 Å². The van der Waals surface area contributed by atoms with Gasteiger partial charge in [-0.15, -0.1) is 0 Å². The number of carbonyl (C=O) groups is 1. The zero-order valence-corrected chi connectivity index (χ0v) is 16.2. The predicted molar refractivity (Wildman–Crippen MR) is 104 cm³/mol. The van der Waals surface area contributed by atoms with E-state index < -0.39 is 0 Å². The number of carbonyl (C=O) groups excluding carboxylic acids is 1. The molecule has 142 valence electrons. The number of ether oxygens (including phenoxy) is 1. The van der Waals surface area contributed by atoms with Gasteiger partial charge >= 0.3 is 0 Å². The molecule has 0 fully saturated rings. The van der Waals surface area contributed by atoms with Gasteiger partial charge in [-0.05, 0) is 55.5 Å². The van der Waals surface area contributed by atoms with Crippen LogP contribution in [0.2, 0.25) is 0 Å². The molecule has 1 aromatic carbocycles. The fraction of sp³-hybridized carbons (Fsp3) is 0.381. The molecule has 1 heterocycles. The number of amides is 1. The summed E-state index contributed by atoms with van der Waals surface area (Å²) in [5.74, 6) is 0.707. The zero-order valence-electron chi connectivity index (χ0n) is 16.2. The molecule has 0 saturated heterocycles. The van der Waals surface area contributed by atoms with Crippen molar-refractivity contribution in [1.82, 2.24) is 10.3 Å². The molecule has 1 atom stereocenters. The van der Waals surface area contributed by atoms with E-state index in [1.165, 1.54) is 0 Å². The van der Waals surface area contributed by atoms with Crippen LogP contribution in [-0.2, 0) is 11.2 Å². The van der Waals surface area contributed by atoms with Crippen LogP contribution >= 0.6 is 0 Å². The van der Waals surface area contributed by atoms with E-state index in [4.69, 9.17) is 10.00 Å². The normalized spacial score (nSPS) is 11.5. The van der Waals surface area contributed by atoms with Crippen molar-refractivity contribution in [3.63, 3.8) is 0 Å². The van der Waals surface area contributed by atoms with Crippen LogP contribution in [0.1, 0.15) is 53.8 Å². The van der Waals surface area contributed by atoms with E-state index in [0.717, 1.165) is 23.3 Å². The Labute approximate surface area is 159 Å². The van der Waals surface area contributed by atoms with E-state index in [2.05, 4.69) is 10.3 Å². The molecule has 6 nitrogen and oxygen atoms in total. The van der Waals surface area contributed by atoms with Crippen molar-refractivity contribution < 1.29 is 9.53 Å². The van der Waals surface area contributed by atoms with Gasteiger partial charge in [-0.3, -0.25) is 9.59 Å². The summed E-state index contributed by atoms with van der Waals surface area (Å²) in [5.41, 5.74) is 2.95. The van der Waals surface area contributed by atoms with E-state index in [1.54, 1.807) is 21.0 Å². The third kappa shape index (κ3) is 4.76. The van der Waals surface area contributed by atoms with E-state index in [1.807, 2.05) is 37.3 Å². The van der Waals surface area contributed by atoms with Crippen molar-refractivity contribution in [2.24, 2.45) is 0 Å². The summed E-state index contributed by atoms with van der Waals surface area (Å²) in [7, 11) is 1.62. The number of nitrogens with one attached hydrogen (secondary N) is 2. The number of aromatic amines is 1. The summed E-state index contributed by atoms with van der Waals surface area (Å²) in [6.07, 6.45) is 1.52. The Balaban J connectivity index is 2.07. The SMILES string of the molecule is CCC(NC(=O)CCc1c(C)[nH]c(=O)c(C#N)c1C)c1ccc(OC)cc1. The Morgan fingerprint density at radius 1 is 1.30 bits per heavy atom. The maximum Gasteiger partial charge on any atom is 0.266 e. The number of pyridine rings is 1. The van der Waals surface area contributed by atoms with Gasteiger partial charge in [-0.2, -0.15) is 5.26 Å². The molecule has 1 amide bonds. The van der Waals surface area contributed by atoms with Crippen LogP contribution < -0.4 is 15.6 Å². The van der Waals surface area contributed by atoms with Crippen molar-refractivity contribution in [3.05, 3.63) is 62.6 Å². The Kier molecular flexibility index (Phi) is 6.78. The van der Waals surface area contributed by atoms with Crippen molar-refractivity contribution in [2.75, 3.05) is 7.11 Å². The number of rotatable bonds is 7. The van der Waals surface area contributed by atoms with E-state index >= 15 is 0 Å². The molecule has 2 rings (SSSR count). The average Bonchev–Trinajstić information content (AvgIpc) is 2.66. The third-order valence-corrected chi connectivity index (χ3v) is 4.78. The molecule has 0 aliphatic heterocycles. The van der Waals surface area contributed by atoms with Gasteiger partial charge in [0.2, 0.25) is 5.91 Å². The van der Waals surface area contributed by atoms with Gasteiger partial charge < -0.3 is 15.0 Å². The van der Waals surface area contributed by atoms with Crippen LogP contribution in [0.25, 0.3) is 0 Å². The van der Waals surface area contributed by atoms with Gasteiger partial charge in [0.05, 0.1) is 13.2 Å². The van der Waals surface area contributed by atoms with Gasteiger partial charge in [0.25, 0.3) is 5.56 Å². The van der Waals surface area contributed by atoms with E-state index in [9.17, 15) is 9.59 Å². The summed E-state index contributed by atoms with van der Waals surface area (Å²) in [6, 6.07) is 9.51. The van der Waals surface area contributed by atoms with Gasteiger partial charge in [0.15, 0.2) is 0 Å². The lowest BCUT2D eigenvalue weighted by Gasteiger charge is -2.18. The predicted octanol–water partition coefficient (Wildman–Crippen LogP) is 3.07. The number of H-pyrrole nitrogens is 1. The minimum Gasteiger partial charge on any atom is -0.497 e. The Hall–Kier alpha value is -3.07. The second-order valence-corrected chi connectivity index (χ2v) is 6.47. The van der Waals surface area contributed by atoms with Crippen molar-refractivity contribution in [3.8, 4) is 11.8 Å². The summed E-state index contributed by atoms with van der Waals surface area (Å²) in [6.45, 7) is 5.56. The molecule has 0 spiro atoms. The molecule has 0 radical (unpaired) electrons. The number of nitriles is 1. The lowest BCUT2D eigenvalue weighted by atomic mass is 9.98. The Bertz CT molecular complexity index is 908. The van der Waals surface area contributed by atoms with Crippen LogP contribution in [-0.4, -0.2) is 18.0 Å². The quantitative estimate of drug-likeness (QED) is 0.786. The molecule has 2 N–H and O–H groups in total. The molecule has 0 saturated carbocycles. The number of aromatic nitrogens is 1. The number of hydrogen-bond acceptors (Lipinski definition) is 4. The standard InChI is InChI=1S/C21H25N3O3/c1-5-19(15-6-8-16(27-4)9-7-15)24-20(25)11-10-17-13(2)18(12-22)21(26)23-14(17)3/h6-9,19H,5,10-11H2,1-4H3,(H,23,26)(H,24,25). The fourth-order valence-electron chi connectivity index (χ4n) is 3.18. The molecule has 0 aliphatic carbocycles. The smallest absolute Gasteiger partial charge is 0.266 e. The first-order valence-corrected chi connectivity index (χ1v) is 8.97. The molecular weight excluding hydrogens is 342 g/mol. The zero-order chi connectivity index (χ0) is 20.0. The summed E-state index contributed by atoms with van der Waals surface area (Å²) in [5, 5.41) is 12.2. The first-order valence-electron chi connectivity index (χ1n) is 8.97. The van der Waals surface area contributed by atoms with Crippen LogP contribution in [0.3, 0.4) is 0 Å². The molecule has 0 bridgehead atoms. The minimum atomic E-state index is -0.383. The molecular formula is C21H25N3O3. The summed E-state index contributed by atoms with van der Waals surface area (Å²) >= 11 is 0. The number of aryl methyl sites for hydroxylation is 1. The first-order chi connectivity index (χ1) is 12.9. The number of methoxy groups -OCH3 is 1. The van der Waals surface area contributed by atoms with Crippen molar-refractivity contribution in [1.29, 1.82) is 5.26 Å². The second kappa shape index (κ2) is 9.04. The lowest BCUT2D eigenvalue weighted by Crippen LogP contribution is -2.28. The lowest BCUT2D eigenvalue weighted by molar-refractivity contribution is -0.121. The topological polar surface area (TPSA) is 95.0 Å². The monoisotopic (exact) mass is 367 g/mol. The molecule has 6 heteroatoms. The highest BCUT2D eigenvalue weighted by molar-refractivity contribution is 5.76.